The van der Waals surface area contributed by atoms with Crippen LogP contribution in [0.5, 0.6) is 0 Å². The van der Waals surface area contributed by atoms with Crippen LogP contribution in [-0.4, -0.2) is 293 Å². The van der Waals surface area contributed by atoms with Crippen molar-refractivity contribution >= 4 is 50.3 Å². The number of fused-ring (bicyclic) bond motifs is 4. The van der Waals surface area contributed by atoms with Crippen LogP contribution in [0.4, 0.5) is 9.59 Å². The van der Waals surface area contributed by atoms with Crippen LogP contribution in [0.3, 0.4) is 0 Å². The van der Waals surface area contributed by atoms with Crippen molar-refractivity contribution in [1.82, 2.24) is 50.6 Å². The van der Waals surface area contributed by atoms with Gasteiger partial charge in [-0.15, -0.1) is 0 Å². The average molecular weight is 1370 g/mol. The third kappa shape index (κ3) is 41.7. The molecule has 14 atom stereocenters. The summed E-state index contributed by atoms with van der Waals surface area (Å²) in [6, 6.07) is 1.51. The molecule has 26 nitrogen and oxygen atoms in total. The fourth-order valence-corrected chi connectivity index (χ4v) is 12.7. The number of likely N-dealkylation sites (N-methyl/N-ethyl adjacent to an activating group) is 5. The molecule has 8 heterocycles. The molecule has 8 aliphatic rings. The Bertz CT molecular complexity index is 1960. The molecule has 0 saturated carbocycles. The topological polar surface area (TPSA) is 344 Å². The second-order valence-corrected chi connectivity index (χ2v) is 25.2. The number of halogens is 1. The number of carbonyl (C=O) groups is 2. The van der Waals surface area contributed by atoms with Gasteiger partial charge < -0.3 is 72.4 Å². The lowest BCUT2D eigenvalue weighted by Crippen LogP contribution is -2.46. The number of hydrogen-bond donors (Lipinski definition) is 9. The molecular formula is C62H127B3BrN15O11. The van der Waals surface area contributed by atoms with Crippen LogP contribution in [0.25, 0.3) is 0 Å². The van der Waals surface area contributed by atoms with Crippen molar-refractivity contribution in [2.75, 3.05) is 163 Å². The third-order valence-corrected chi connectivity index (χ3v) is 18.2. The SMILES string of the molecule is C/C=C/CBr.C/C=C/CNCC.CB(O)NC1CN2CCC1C2.CCC[N+](=O)[O-].CC[C@H]1CN(CC)C[C@@H]1N.CC[C@H]1CN(CC)C[C@@H]1[N+](=O)[O-].NC1CN2CCC1C2.O=[N+]([O-])CCO.[B]C(=O)NC1CN(CC)C[C@@H]1CC.[B]C(=O)NC1CN(CC)C[C@@H]1CCO. The summed E-state index contributed by atoms with van der Waals surface area (Å²) in [5.74, 6) is 2.66. The van der Waals surface area contributed by atoms with E-state index >= 15 is 0 Å². The van der Waals surface area contributed by atoms with Crippen molar-refractivity contribution in [2.45, 2.75) is 164 Å². The molecule has 30 heteroatoms. The molecule has 8 fully saturated rings. The smallest absolute Gasteiger partial charge is 0.373 e. The van der Waals surface area contributed by atoms with Gasteiger partial charge in [0.1, 0.15) is 6.61 Å². The second-order valence-electron chi connectivity index (χ2n) is 24.6. The normalized spacial score (nSPS) is 28.2. The summed E-state index contributed by atoms with van der Waals surface area (Å²) in [6.45, 7) is 45.3. The number of likely N-dealkylation sites (tertiary alicyclic amines) is 4. The van der Waals surface area contributed by atoms with E-state index in [0.717, 1.165) is 134 Å². The number of alkyl halides is 1. The number of aliphatic hydroxyl groups is 2. The minimum Gasteiger partial charge on any atom is -0.437 e. The van der Waals surface area contributed by atoms with E-state index in [2.05, 4.69) is 121 Å². The van der Waals surface area contributed by atoms with Crippen LogP contribution in [0, 0.1) is 65.9 Å². The van der Waals surface area contributed by atoms with Gasteiger partial charge in [0, 0.05) is 148 Å². The van der Waals surface area contributed by atoms with Crippen LogP contribution in [-0.2, 0) is 0 Å². The van der Waals surface area contributed by atoms with Crippen LogP contribution < -0.4 is 32.6 Å². The fourth-order valence-electron chi connectivity index (χ4n) is 12.3. The Morgan fingerprint density at radius 2 is 1.07 bits per heavy atom. The highest BCUT2D eigenvalue weighted by molar-refractivity contribution is 9.09. The number of nitrogens with one attached hydrogen (secondary N) is 4. The molecule has 2 amide bonds. The standard InChI is InChI=1S/C9H17BN2O2.C9H17BN2O.C8H16N2O2.C8H18N2.C7H15BN2O.C6H12N2.C6H13N.C4H7Br.C3H7NO2.C2H5NO3/c1-2-12-5-7(3-4-13)8(6-12)11-9(10)14;1-3-7-5-12(4-2)6-8(7)11-9(10)13;1-3-7-5-9(4-2)6-8(7)10(11)12;1-3-7-5-10(4-2)6-8(7)9;1-8(11)9-7-5-10-3-2-6(7)4-10;7-6-4-8-2-1-5(6)3-8;1-3-5-6-7-4-2;1-2-3-4-5;1-2-3-4(5)6;4-2-1-3(5)6/h7-8,13H,2-6H2,1H3,(H,11,14);7-8H,3-6H2,1-2H3,(H,11,13);7-8H,3-6H2,1-2H3;7-8H,3-6,9H2,1-2H3;6-7,9,11H,2-5H2,1H3;5-6H,1-4,7H2;3,5,7H,4,6H2,1-2H3;2-3H,4H2,1H3;2-3H2,1H3;4H,1-2H2/b;;;;;;5-3+;3-2+;;/t2*7-,8?;2*7-,8-;;;;;;/m0000....../s1. The summed E-state index contributed by atoms with van der Waals surface area (Å²) in [5.41, 5.74) is 11.7. The Labute approximate surface area is 566 Å². The van der Waals surface area contributed by atoms with Crippen molar-refractivity contribution in [3.63, 3.8) is 0 Å². The molecule has 92 heavy (non-hydrogen) atoms. The maximum atomic E-state index is 10.7. The van der Waals surface area contributed by atoms with Crippen molar-refractivity contribution in [3.05, 3.63) is 54.6 Å². The van der Waals surface area contributed by atoms with Crippen molar-refractivity contribution in [3.8, 4) is 0 Å². The summed E-state index contributed by atoms with van der Waals surface area (Å²) in [4.78, 5) is 63.8. The maximum absolute atomic E-state index is 10.7. The number of piperidine rings is 2. The molecule has 8 aliphatic heterocycles. The monoisotopic (exact) mass is 1370 g/mol. The van der Waals surface area contributed by atoms with Crippen molar-refractivity contribution < 1.29 is 39.6 Å². The first kappa shape index (κ1) is 90.8. The number of carbonyl (C=O) groups excluding carboxylic acids is 2. The number of nitrogens with two attached hydrogens (primary N) is 2. The molecule has 0 aromatic heterocycles. The van der Waals surface area contributed by atoms with Crippen LogP contribution in [0.1, 0.15) is 121 Å². The summed E-state index contributed by atoms with van der Waals surface area (Å²) in [6.07, 6.45) is 15.5. The summed E-state index contributed by atoms with van der Waals surface area (Å²) in [5, 5.41) is 67.9. The Kier molecular flexibility index (Phi) is 55.2. The van der Waals surface area contributed by atoms with Gasteiger partial charge in [-0.05, 0) is 122 Å². The number of allylic oxidation sites excluding steroid dienone is 3. The molecule has 0 aromatic carbocycles. The quantitative estimate of drug-likeness (QED) is 0.0185. The molecule has 4 bridgehead atoms. The zero-order chi connectivity index (χ0) is 70.1. The maximum Gasteiger partial charge on any atom is 0.373 e. The lowest BCUT2D eigenvalue weighted by Gasteiger charge is -2.23. The molecule has 8 unspecified atom stereocenters. The first-order chi connectivity index (χ1) is 43.8. The highest BCUT2D eigenvalue weighted by Gasteiger charge is 2.40. The van der Waals surface area contributed by atoms with E-state index in [9.17, 15) is 39.9 Å². The van der Waals surface area contributed by atoms with Gasteiger partial charge in [-0.1, -0.05) is 115 Å². The van der Waals surface area contributed by atoms with E-state index < -0.39 is 16.5 Å². The molecule has 532 valence electrons. The van der Waals surface area contributed by atoms with Crippen LogP contribution >= 0.6 is 15.9 Å². The lowest BCUT2D eigenvalue weighted by atomic mass is 9.84. The molecule has 11 N–H and O–H groups in total. The predicted molar refractivity (Wildman–Crippen MR) is 381 cm³/mol. The van der Waals surface area contributed by atoms with Crippen molar-refractivity contribution in [2.24, 2.45) is 47.0 Å². The lowest BCUT2D eigenvalue weighted by molar-refractivity contribution is -0.525. The third-order valence-electron chi connectivity index (χ3n) is 17.8. The minimum atomic E-state index is -0.569. The van der Waals surface area contributed by atoms with Gasteiger partial charge in [0.05, 0.1) is 6.54 Å². The van der Waals surface area contributed by atoms with Crippen LogP contribution in [0.15, 0.2) is 24.3 Å². The van der Waals surface area contributed by atoms with E-state index in [1.807, 2.05) is 39.0 Å². The number of nitrogens with zero attached hydrogens (tertiary/aromatic N) is 9. The van der Waals surface area contributed by atoms with E-state index in [0.29, 0.717) is 42.9 Å². The van der Waals surface area contributed by atoms with Gasteiger partial charge >= 0.3 is 7.05 Å². The summed E-state index contributed by atoms with van der Waals surface area (Å²) in [7, 11) is 9.85. The van der Waals surface area contributed by atoms with Crippen LogP contribution in [0.2, 0.25) is 6.82 Å². The minimum absolute atomic E-state index is 0.0969. The Morgan fingerprint density at radius 3 is 1.35 bits per heavy atom. The zero-order valence-corrected chi connectivity index (χ0v) is 60.3. The highest BCUT2D eigenvalue weighted by atomic mass is 79.9. The number of rotatable bonds is 22. The van der Waals surface area contributed by atoms with Gasteiger partial charge in [0.15, 0.2) is 11.6 Å². The summed E-state index contributed by atoms with van der Waals surface area (Å²) < 4.78 is 0. The molecule has 0 spiro atoms. The van der Waals surface area contributed by atoms with Gasteiger partial charge in [-0.3, -0.25) is 44.8 Å². The molecule has 0 aliphatic carbocycles. The highest BCUT2D eigenvalue weighted by Crippen LogP contribution is 2.28. The largest absolute Gasteiger partial charge is 0.437 e. The molecule has 8 rings (SSSR count). The Morgan fingerprint density at radius 1 is 0.598 bits per heavy atom. The molecule has 4 radical (unpaired) electrons. The van der Waals surface area contributed by atoms with Gasteiger partial charge in [-0.2, -0.15) is 0 Å². The second kappa shape index (κ2) is 55.9. The molecular weight excluding hydrogens is 1240 g/mol. The van der Waals surface area contributed by atoms with Gasteiger partial charge in [0.25, 0.3) is 0 Å². The van der Waals surface area contributed by atoms with Crippen molar-refractivity contribution in [1.29, 1.82) is 0 Å². The first-order valence-corrected chi connectivity index (χ1v) is 35.4. The Hall–Kier alpha value is -3.23. The number of aliphatic hydroxyl groups excluding tert-OH is 2. The number of nitro groups is 3. The summed E-state index contributed by atoms with van der Waals surface area (Å²) >= 11 is 3.22. The van der Waals surface area contributed by atoms with E-state index in [1.165, 1.54) is 52.0 Å². The number of amides is 2. The van der Waals surface area contributed by atoms with E-state index in [1.54, 1.807) is 13.7 Å². The molecule has 8 saturated heterocycles. The fraction of sp³-hybridized carbons (Fsp3) is 0.903. The zero-order valence-electron chi connectivity index (χ0n) is 58.8. The van der Waals surface area contributed by atoms with Gasteiger partial charge in [0.2, 0.25) is 34.8 Å². The predicted octanol–water partition coefficient (Wildman–Crippen LogP) is 3.93. The average Bonchev–Trinajstić information content (AvgIpc) is 2.26. The van der Waals surface area contributed by atoms with Gasteiger partial charge in [-0.25, -0.2) is 0 Å². The van der Waals surface area contributed by atoms with E-state index in [-0.39, 0.29) is 67.2 Å². The first-order valence-electron chi connectivity index (χ1n) is 34.3. The molecule has 0 aromatic rings. The van der Waals surface area contributed by atoms with E-state index in [4.69, 9.17) is 42.4 Å². The number of hydrogen-bond acceptors (Lipinski definition) is 21. The Balaban J connectivity index is 0.